The smallest absolute Gasteiger partial charge is 0.309 e. The Bertz CT molecular complexity index is 226. The molecule has 0 spiro atoms. The summed E-state index contributed by atoms with van der Waals surface area (Å²) < 4.78 is 30.2. The lowest BCUT2D eigenvalue weighted by Crippen LogP contribution is -2.18. The minimum Gasteiger partial charge on any atom is -0.466 e. The second kappa shape index (κ2) is 2.66. The van der Waals surface area contributed by atoms with Crippen LogP contribution in [0.2, 0.25) is 0 Å². The highest BCUT2D eigenvalue weighted by Gasteiger charge is 2.66. The molecule has 0 heterocycles. The Kier molecular flexibility index (Phi) is 1.82. The van der Waals surface area contributed by atoms with Crippen LogP contribution in [0.5, 0.6) is 0 Å². The SMILES string of the molecule is CCOC(=O)C1[C@@H]2CC(F)(F)C[C@@H]12. The number of carbonyl (C=O) groups excluding carboxylic acids is 1. The first-order valence-corrected chi connectivity index (χ1v) is 4.59. The zero-order valence-electron chi connectivity index (χ0n) is 7.43. The molecule has 2 nitrogen and oxygen atoms in total. The standard InChI is InChI=1S/C9H12F2O2/c1-2-13-8(12)7-5-3-9(10,11)4-6(5)7/h5-7H,2-4H2,1H3/t5-,6-/m1/s1. The highest BCUT2D eigenvalue weighted by molar-refractivity contribution is 5.76. The molecule has 74 valence electrons. The van der Waals surface area contributed by atoms with E-state index in [9.17, 15) is 13.6 Å². The van der Waals surface area contributed by atoms with Crippen LogP contribution in [0.4, 0.5) is 8.78 Å². The van der Waals surface area contributed by atoms with E-state index in [1.165, 1.54) is 0 Å². The number of hydrogen-bond acceptors (Lipinski definition) is 2. The molecule has 0 aliphatic heterocycles. The molecule has 2 rings (SSSR count). The van der Waals surface area contributed by atoms with Gasteiger partial charge >= 0.3 is 5.97 Å². The molecule has 2 aliphatic carbocycles. The zero-order chi connectivity index (χ0) is 9.64. The van der Waals surface area contributed by atoms with Crippen LogP contribution in [0.3, 0.4) is 0 Å². The number of hydrogen-bond donors (Lipinski definition) is 0. The maximum Gasteiger partial charge on any atom is 0.309 e. The Morgan fingerprint density at radius 3 is 2.46 bits per heavy atom. The van der Waals surface area contributed by atoms with E-state index in [0.29, 0.717) is 6.61 Å². The fraction of sp³-hybridized carbons (Fsp3) is 0.889. The predicted octanol–water partition coefficient (Wildman–Crippen LogP) is 1.84. The summed E-state index contributed by atoms with van der Waals surface area (Å²) in [5, 5.41) is 0. The summed E-state index contributed by atoms with van der Waals surface area (Å²) in [6.07, 6.45) is -0.248. The van der Waals surface area contributed by atoms with E-state index in [-0.39, 0.29) is 36.6 Å². The van der Waals surface area contributed by atoms with Crippen LogP contribution in [-0.4, -0.2) is 18.5 Å². The fourth-order valence-electron chi connectivity index (χ4n) is 2.36. The lowest BCUT2D eigenvalue weighted by Gasteiger charge is -2.11. The maximum absolute atomic E-state index is 12.7. The Balaban J connectivity index is 1.88. The normalized spacial score (nSPS) is 39.8. The third-order valence-corrected chi connectivity index (χ3v) is 2.96. The van der Waals surface area contributed by atoms with Crippen LogP contribution in [-0.2, 0) is 9.53 Å². The maximum atomic E-state index is 12.7. The highest BCUT2D eigenvalue weighted by Crippen LogP contribution is 2.62. The van der Waals surface area contributed by atoms with Crippen molar-refractivity contribution in [1.29, 1.82) is 0 Å². The number of fused-ring (bicyclic) bond motifs is 1. The van der Waals surface area contributed by atoms with Crippen molar-refractivity contribution in [3.63, 3.8) is 0 Å². The topological polar surface area (TPSA) is 26.3 Å². The van der Waals surface area contributed by atoms with E-state index in [2.05, 4.69) is 0 Å². The molecular formula is C9H12F2O2. The van der Waals surface area contributed by atoms with Gasteiger partial charge in [-0.3, -0.25) is 4.79 Å². The van der Waals surface area contributed by atoms with Crippen LogP contribution in [0.1, 0.15) is 19.8 Å². The van der Waals surface area contributed by atoms with Gasteiger partial charge in [-0.1, -0.05) is 0 Å². The van der Waals surface area contributed by atoms with E-state index >= 15 is 0 Å². The molecule has 13 heavy (non-hydrogen) atoms. The Morgan fingerprint density at radius 2 is 2.00 bits per heavy atom. The van der Waals surface area contributed by atoms with E-state index in [1.54, 1.807) is 6.92 Å². The summed E-state index contributed by atoms with van der Waals surface area (Å²) in [6, 6.07) is 0. The van der Waals surface area contributed by atoms with Crippen molar-refractivity contribution in [1.82, 2.24) is 0 Å². The average Bonchev–Trinajstić information content (AvgIpc) is 2.51. The van der Waals surface area contributed by atoms with Gasteiger partial charge in [0.15, 0.2) is 0 Å². The molecule has 2 aliphatic rings. The minimum atomic E-state index is -2.53. The Hall–Kier alpha value is -0.670. The highest BCUT2D eigenvalue weighted by atomic mass is 19.3. The second-order valence-electron chi connectivity index (χ2n) is 3.87. The molecule has 2 fully saturated rings. The zero-order valence-corrected chi connectivity index (χ0v) is 7.43. The summed E-state index contributed by atoms with van der Waals surface area (Å²) in [4.78, 5) is 11.2. The van der Waals surface area contributed by atoms with Gasteiger partial charge in [0, 0.05) is 12.8 Å². The van der Waals surface area contributed by atoms with Gasteiger partial charge in [-0.05, 0) is 18.8 Å². The van der Waals surface area contributed by atoms with E-state index in [1.807, 2.05) is 0 Å². The van der Waals surface area contributed by atoms with Crippen molar-refractivity contribution in [3.05, 3.63) is 0 Å². The van der Waals surface area contributed by atoms with Crippen LogP contribution in [0, 0.1) is 17.8 Å². The molecule has 0 aromatic rings. The summed E-state index contributed by atoms with van der Waals surface area (Å²) in [7, 11) is 0. The molecule has 0 amide bonds. The first kappa shape index (κ1) is 8.91. The number of halogens is 2. The number of rotatable bonds is 2. The van der Waals surface area contributed by atoms with Crippen molar-refractivity contribution in [2.75, 3.05) is 6.61 Å². The molecule has 0 saturated heterocycles. The third-order valence-electron chi connectivity index (χ3n) is 2.96. The lowest BCUT2D eigenvalue weighted by molar-refractivity contribution is -0.146. The van der Waals surface area contributed by atoms with E-state index in [0.717, 1.165) is 0 Å². The number of alkyl halides is 2. The van der Waals surface area contributed by atoms with Crippen molar-refractivity contribution in [3.8, 4) is 0 Å². The number of ether oxygens (including phenoxy) is 1. The lowest BCUT2D eigenvalue weighted by atomic mass is 10.1. The number of esters is 1. The molecule has 0 unspecified atom stereocenters. The van der Waals surface area contributed by atoms with E-state index < -0.39 is 5.92 Å². The summed E-state index contributed by atoms with van der Waals surface area (Å²) >= 11 is 0. The quantitative estimate of drug-likeness (QED) is 0.621. The molecule has 0 bridgehead atoms. The summed E-state index contributed by atoms with van der Waals surface area (Å²) in [5.41, 5.74) is 0. The first-order chi connectivity index (χ1) is 6.05. The molecule has 0 N–H and O–H groups in total. The molecule has 0 aromatic heterocycles. The largest absolute Gasteiger partial charge is 0.466 e. The fourth-order valence-corrected chi connectivity index (χ4v) is 2.36. The predicted molar refractivity (Wildman–Crippen MR) is 41.3 cm³/mol. The molecule has 0 aromatic carbocycles. The van der Waals surface area contributed by atoms with Crippen molar-refractivity contribution >= 4 is 5.97 Å². The van der Waals surface area contributed by atoms with Crippen molar-refractivity contribution in [2.24, 2.45) is 17.8 Å². The van der Waals surface area contributed by atoms with Crippen LogP contribution in [0.15, 0.2) is 0 Å². The van der Waals surface area contributed by atoms with Crippen LogP contribution >= 0.6 is 0 Å². The van der Waals surface area contributed by atoms with Crippen LogP contribution in [0.25, 0.3) is 0 Å². The van der Waals surface area contributed by atoms with Gasteiger partial charge in [0.25, 0.3) is 0 Å². The van der Waals surface area contributed by atoms with Crippen molar-refractivity contribution < 1.29 is 18.3 Å². The third kappa shape index (κ3) is 1.42. The first-order valence-electron chi connectivity index (χ1n) is 4.59. The van der Waals surface area contributed by atoms with E-state index in [4.69, 9.17) is 4.74 Å². The Morgan fingerprint density at radius 1 is 1.46 bits per heavy atom. The average molecular weight is 190 g/mol. The summed E-state index contributed by atoms with van der Waals surface area (Å²) in [5.74, 6) is -3.24. The van der Waals surface area contributed by atoms with Crippen LogP contribution < -0.4 is 0 Å². The summed E-state index contributed by atoms with van der Waals surface area (Å²) in [6.45, 7) is 2.07. The van der Waals surface area contributed by atoms with Gasteiger partial charge < -0.3 is 4.74 Å². The number of carbonyl (C=O) groups is 1. The van der Waals surface area contributed by atoms with Gasteiger partial charge in [-0.2, -0.15) is 0 Å². The molecule has 4 heteroatoms. The van der Waals surface area contributed by atoms with Gasteiger partial charge in [0.2, 0.25) is 5.92 Å². The minimum absolute atomic E-state index is 0.103. The van der Waals surface area contributed by atoms with Gasteiger partial charge in [-0.25, -0.2) is 8.78 Å². The van der Waals surface area contributed by atoms with Crippen molar-refractivity contribution in [2.45, 2.75) is 25.7 Å². The Labute approximate surface area is 75.3 Å². The van der Waals surface area contributed by atoms with Gasteiger partial charge in [0.1, 0.15) is 0 Å². The second-order valence-corrected chi connectivity index (χ2v) is 3.87. The monoisotopic (exact) mass is 190 g/mol. The molecule has 2 saturated carbocycles. The molecule has 0 radical (unpaired) electrons. The molecular weight excluding hydrogens is 178 g/mol. The molecule has 2 atom stereocenters. The van der Waals surface area contributed by atoms with Gasteiger partial charge in [0.05, 0.1) is 12.5 Å². The van der Waals surface area contributed by atoms with Gasteiger partial charge in [-0.15, -0.1) is 0 Å².